The lowest BCUT2D eigenvalue weighted by Crippen LogP contribution is -2.38. The molecule has 3 heterocycles. The summed E-state index contributed by atoms with van der Waals surface area (Å²) in [5.74, 6) is 0.637. The number of nitrogens with zero attached hydrogens (tertiary/aromatic N) is 5. The Morgan fingerprint density at radius 2 is 1.97 bits per heavy atom. The zero-order valence-electron chi connectivity index (χ0n) is 19.2. The van der Waals surface area contributed by atoms with Crippen LogP contribution < -0.4 is 10.5 Å². The van der Waals surface area contributed by atoms with Crippen LogP contribution in [0.25, 0.3) is 10.9 Å². The van der Waals surface area contributed by atoms with Gasteiger partial charge in [-0.1, -0.05) is 18.2 Å². The number of hydrogen-bond donors (Lipinski definition) is 1. The van der Waals surface area contributed by atoms with Crippen molar-refractivity contribution in [1.29, 1.82) is 0 Å². The van der Waals surface area contributed by atoms with Gasteiger partial charge in [-0.15, -0.1) is 5.10 Å². The molecule has 0 aliphatic carbocycles. The minimum Gasteiger partial charge on any atom is -0.383 e. The molecule has 8 nitrogen and oxygen atoms in total. The Balaban J connectivity index is 1.72. The van der Waals surface area contributed by atoms with Crippen LogP contribution >= 0.6 is 0 Å². The molecular weight excluding hydrogens is 416 g/mol. The molecular formula is C25H28N6O2. The van der Waals surface area contributed by atoms with Crippen molar-refractivity contribution in [2.24, 2.45) is 0 Å². The van der Waals surface area contributed by atoms with E-state index < -0.39 is 6.04 Å². The lowest BCUT2D eigenvalue weighted by atomic mass is 9.96. The maximum atomic E-state index is 13.5. The monoisotopic (exact) mass is 444 g/mol. The summed E-state index contributed by atoms with van der Waals surface area (Å²) in [6.07, 6.45) is 2.01. The largest absolute Gasteiger partial charge is 0.383 e. The van der Waals surface area contributed by atoms with Gasteiger partial charge in [-0.25, -0.2) is 4.68 Å². The van der Waals surface area contributed by atoms with E-state index >= 15 is 0 Å². The van der Waals surface area contributed by atoms with Gasteiger partial charge in [-0.2, -0.15) is 0 Å². The maximum Gasteiger partial charge on any atom is 0.254 e. The van der Waals surface area contributed by atoms with Crippen molar-refractivity contribution in [3.05, 3.63) is 80.9 Å². The topological polar surface area (TPSA) is 88.9 Å². The number of tetrazole rings is 1. The number of benzene rings is 2. The second-order valence-corrected chi connectivity index (χ2v) is 8.66. The third-order valence-corrected chi connectivity index (χ3v) is 6.55. The van der Waals surface area contributed by atoms with Crippen LogP contribution in [0.3, 0.4) is 0 Å². The molecule has 5 rings (SSSR count). The highest BCUT2D eigenvalue weighted by atomic mass is 16.5. The number of methoxy groups -OCH3 is 1. The first-order valence-corrected chi connectivity index (χ1v) is 11.3. The van der Waals surface area contributed by atoms with E-state index in [9.17, 15) is 4.79 Å². The van der Waals surface area contributed by atoms with Gasteiger partial charge >= 0.3 is 0 Å². The number of ether oxygens (including phenoxy) is 1. The van der Waals surface area contributed by atoms with Crippen molar-refractivity contribution in [1.82, 2.24) is 25.2 Å². The quantitative estimate of drug-likeness (QED) is 0.491. The highest BCUT2D eigenvalue weighted by molar-refractivity contribution is 5.81. The van der Waals surface area contributed by atoms with Gasteiger partial charge in [0.15, 0.2) is 5.82 Å². The van der Waals surface area contributed by atoms with Gasteiger partial charge in [-0.05, 0) is 83.5 Å². The minimum absolute atomic E-state index is 0.125. The fourth-order valence-corrected chi connectivity index (χ4v) is 4.72. The smallest absolute Gasteiger partial charge is 0.254 e. The van der Waals surface area contributed by atoms with Crippen molar-refractivity contribution in [3.63, 3.8) is 0 Å². The van der Waals surface area contributed by atoms with E-state index in [4.69, 9.17) is 4.74 Å². The van der Waals surface area contributed by atoms with Crippen molar-refractivity contribution >= 4 is 16.6 Å². The first-order chi connectivity index (χ1) is 16.1. The van der Waals surface area contributed by atoms with Crippen molar-refractivity contribution < 1.29 is 4.74 Å². The van der Waals surface area contributed by atoms with Crippen LogP contribution in [0.2, 0.25) is 0 Å². The Hall–Kier alpha value is -3.52. The second-order valence-electron chi connectivity index (χ2n) is 8.66. The van der Waals surface area contributed by atoms with Crippen LogP contribution in [0.4, 0.5) is 5.69 Å². The molecule has 33 heavy (non-hydrogen) atoms. The molecule has 0 spiro atoms. The first-order valence-electron chi connectivity index (χ1n) is 11.3. The zero-order chi connectivity index (χ0) is 22.9. The number of aromatic amines is 1. The van der Waals surface area contributed by atoms with Crippen molar-refractivity contribution in [2.45, 2.75) is 39.3 Å². The molecule has 0 saturated carbocycles. The van der Waals surface area contributed by atoms with Crippen LogP contribution in [0, 0.1) is 13.8 Å². The zero-order valence-corrected chi connectivity index (χ0v) is 19.2. The van der Waals surface area contributed by atoms with Crippen LogP contribution in [0.5, 0.6) is 0 Å². The van der Waals surface area contributed by atoms with Crippen molar-refractivity contribution in [2.75, 3.05) is 25.2 Å². The van der Waals surface area contributed by atoms with E-state index in [1.165, 1.54) is 11.1 Å². The van der Waals surface area contributed by atoms with Gasteiger partial charge in [-0.3, -0.25) is 4.79 Å². The molecule has 1 N–H and O–H groups in total. The van der Waals surface area contributed by atoms with Gasteiger partial charge in [0, 0.05) is 30.4 Å². The van der Waals surface area contributed by atoms with Crippen LogP contribution in [-0.4, -0.2) is 45.5 Å². The third-order valence-electron chi connectivity index (χ3n) is 6.55. The molecule has 8 heteroatoms. The predicted molar refractivity (Wildman–Crippen MR) is 128 cm³/mol. The van der Waals surface area contributed by atoms with Gasteiger partial charge < -0.3 is 14.6 Å². The summed E-state index contributed by atoms with van der Waals surface area (Å²) in [5.41, 5.74) is 6.07. The van der Waals surface area contributed by atoms with E-state index in [-0.39, 0.29) is 5.56 Å². The Morgan fingerprint density at radius 1 is 1.15 bits per heavy atom. The minimum atomic E-state index is -0.423. The number of fused-ring (bicyclic) bond motifs is 2. The van der Waals surface area contributed by atoms with E-state index in [1.54, 1.807) is 11.8 Å². The van der Waals surface area contributed by atoms with Crippen LogP contribution in [0.15, 0.2) is 47.3 Å². The summed E-state index contributed by atoms with van der Waals surface area (Å²) < 4.78 is 7.01. The molecule has 4 aromatic rings. The summed E-state index contributed by atoms with van der Waals surface area (Å²) in [4.78, 5) is 18.8. The number of nitrogens with one attached hydrogen (secondary N) is 1. The van der Waals surface area contributed by atoms with E-state index in [2.05, 4.69) is 63.5 Å². The Bertz CT molecular complexity index is 1360. The number of aryl methyl sites for hydroxylation is 3. The fourth-order valence-electron chi connectivity index (χ4n) is 4.72. The molecule has 1 aliphatic rings. The summed E-state index contributed by atoms with van der Waals surface area (Å²) >= 11 is 0. The molecule has 0 saturated heterocycles. The SMILES string of the molecule is COCCn1nnnc1C(c1cc2cc(C)c(C)cc2[nH]c1=O)N1CCCc2ccccc21. The summed E-state index contributed by atoms with van der Waals surface area (Å²) in [6, 6.07) is 14.1. The Morgan fingerprint density at radius 3 is 2.82 bits per heavy atom. The fraction of sp³-hybridized carbons (Fsp3) is 0.360. The highest BCUT2D eigenvalue weighted by Gasteiger charge is 2.33. The first kappa shape index (κ1) is 21.3. The summed E-state index contributed by atoms with van der Waals surface area (Å²) in [6.45, 7) is 5.94. The lowest BCUT2D eigenvalue weighted by Gasteiger charge is -2.37. The van der Waals surface area contributed by atoms with E-state index in [0.717, 1.165) is 41.5 Å². The molecule has 1 atom stereocenters. The Kier molecular flexibility index (Phi) is 5.68. The molecule has 0 radical (unpaired) electrons. The second kappa shape index (κ2) is 8.78. The standard InChI is InChI=1S/C25H28N6O2/c1-16-13-19-15-20(25(32)26-21(19)14-17(16)2)23(24-27-28-29-31(24)11-12-33-3)30-10-6-8-18-7-4-5-9-22(18)30/h4-5,7,9,13-15,23H,6,8,10-12H2,1-3H3,(H,26,32). The number of pyridine rings is 1. The summed E-state index contributed by atoms with van der Waals surface area (Å²) in [5, 5.41) is 13.6. The van der Waals surface area contributed by atoms with E-state index in [0.29, 0.717) is 24.5 Å². The highest BCUT2D eigenvalue weighted by Crippen LogP contribution is 2.36. The average Bonchev–Trinajstić information content (AvgIpc) is 3.28. The predicted octanol–water partition coefficient (Wildman–Crippen LogP) is 3.32. The number of H-pyrrole nitrogens is 1. The van der Waals surface area contributed by atoms with Crippen LogP contribution in [0.1, 0.15) is 40.5 Å². The van der Waals surface area contributed by atoms with Gasteiger partial charge in [0.05, 0.1) is 13.2 Å². The van der Waals surface area contributed by atoms with Gasteiger partial charge in [0.2, 0.25) is 0 Å². The van der Waals surface area contributed by atoms with Gasteiger partial charge in [0.25, 0.3) is 5.56 Å². The maximum absolute atomic E-state index is 13.5. The molecule has 2 aromatic carbocycles. The number of rotatable bonds is 6. The molecule has 0 fully saturated rings. The molecule has 2 aromatic heterocycles. The van der Waals surface area contributed by atoms with Gasteiger partial charge in [0.1, 0.15) is 6.04 Å². The number of aromatic nitrogens is 5. The van der Waals surface area contributed by atoms with E-state index in [1.807, 2.05) is 18.2 Å². The molecule has 170 valence electrons. The molecule has 0 bridgehead atoms. The molecule has 0 amide bonds. The van der Waals surface area contributed by atoms with Crippen molar-refractivity contribution in [3.8, 4) is 0 Å². The Labute approximate surface area is 192 Å². The number of para-hydroxylation sites is 1. The van der Waals surface area contributed by atoms with Crippen LogP contribution in [-0.2, 0) is 17.7 Å². The third kappa shape index (κ3) is 3.91. The lowest BCUT2D eigenvalue weighted by molar-refractivity contribution is 0.181. The number of hydrogen-bond acceptors (Lipinski definition) is 6. The summed E-state index contributed by atoms with van der Waals surface area (Å²) in [7, 11) is 1.65. The molecule has 1 aliphatic heterocycles. The molecule has 1 unspecified atom stereocenters. The average molecular weight is 445 g/mol. The normalized spacial score (nSPS) is 14.5. The number of anilines is 1.